The van der Waals surface area contributed by atoms with Crippen molar-refractivity contribution < 1.29 is 9.84 Å². The molecular weight excluding hydrogens is 242 g/mol. The summed E-state index contributed by atoms with van der Waals surface area (Å²) in [6, 6.07) is 0. The third kappa shape index (κ3) is 3.56. The Balaban J connectivity index is 2.00. The van der Waals surface area contributed by atoms with Gasteiger partial charge in [0, 0.05) is 6.54 Å². The quantitative estimate of drug-likeness (QED) is 0.855. The standard InChI is InChI=1S/C14H23N3O2/c1-3-19-13-11(2)12(16-10-17-13)15-9-14(18)7-5-4-6-8-14/h10,18H,3-9H2,1-2H3,(H,15,16,17). The van der Waals surface area contributed by atoms with Crippen molar-refractivity contribution >= 4 is 5.82 Å². The summed E-state index contributed by atoms with van der Waals surface area (Å²) in [5.41, 5.74) is 0.297. The molecule has 1 aromatic heterocycles. The maximum Gasteiger partial charge on any atom is 0.221 e. The Morgan fingerprint density at radius 3 is 2.74 bits per heavy atom. The fourth-order valence-electron chi connectivity index (χ4n) is 2.53. The highest BCUT2D eigenvalue weighted by Gasteiger charge is 2.29. The minimum absolute atomic E-state index is 0.538. The monoisotopic (exact) mass is 265 g/mol. The molecular formula is C14H23N3O2. The van der Waals surface area contributed by atoms with E-state index in [0.717, 1.165) is 37.1 Å². The van der Waals surface area contributed by atoms with E-state index in [9.17, 15) is 5.11 Å². The van der Waals surface area contributed by atoms with Gasteiger partial charge in [0.2, 0.25) is 5.88 Å². The molecule has 2 N–H and O–H groups in total. The lowest BCUT2D eigenvalue weighted by molar-refractivity contribution is 0.0166. The van der Waals surface area contributed by atoms with Gasteiger partial charge in [-0.3, -0.25) is 0 Å². The highest BCUT2D eigenvalue weighted by molar-refractivity contribution is 5.47. The summed E-state index contributed by atoms with van der Waals surface area (Å²) in [5, 5.41) is 13.7. The van der Waals surface area contributed by atoms with Crippen LogP contribution in [0.1, 0.15) is 44.6 Å². The number of rotatable bonds is 5. The molecule has 0 atom stereocenters. The van der Waals surface area contributed by atoms with Crippen LogP contribution < -0.4 is 10.1 Å². The number of hydrogen-bond acceptors (Lipinski definition) is 5. The van der Waals surface area contributed by atoms with Gasteiger partial charge in [-0.25, -0.2) is 9.97 Å². The highest BCUT2D eigenvalue weighted by Crippen LogP contribution is 2.29. The van der Waals surface area contributed by atoms with Gasteiger partial charge < -0.3 is 15.2 Å². The van der Waals surface area contributed by atoms with E-state index in [1.807, 2.05) is 13.8 Å². The van der Waals surface area contributed by atoms with Crippen LogP contribution in [0.25, 0.3) is 0 Å². The van der Waals surface area contributed by atoms with Gasteiger partial charge in [-0.2, -0.15) is 0 Å². The number of aliphatic hydroxyl groups is 1. The molecule has 0 unspecified atom stereocenters. The molecule has 1 aliphatic carbocycles. The lowest BCUT2D eigenvalue weighted by Gasteiger charge is -2.32. The van der Waals surface area contributed by atoms with Crippen LogP contribution in [0.5, 0.6) is 5.88 Å². The molecule has 1 heterocycles. The average Bonchev–Trinajstić information content (AvgIpc) is 2.41. The molecule has 0 bridgehead atoms. The fraction of sp³-hybridized carbons (Fsp3) is 0.714. The molecule has 19 heavy (non-hydrogen) atoms. The number of nitrogens with one attached hydrogen (secondary N) is 1. The molecule has 0 radical (unpaired) electrons. The van der Waals surface area contributed by atoms with Crippen molar-refractivity contribution in [1.29, 1.82) is 0 Å². The lowest BCUT2D eigenvalue weighted by Crippen LogP contribution is -2.39. The van der Waals surface area contributed by atoms with Gasteiger partial charge in [-0.15, -0.1) is 0 Å². The molecule has 1 aliphatic rings. The van der Waals surface area contributed by atoms with Crippen molar-refractivity contribution in [3.63, 3.8) is 0 Å². The molecule has 0 aromatic carbocycles. The number of anilines is 1. The normalized spacial score (nSPS) is 18.1. The molecule has 1 fully saturated rings. The van der Waals surface area contributed by atoms with Gasteiger partial charge in [-0.05, 0) is 26.7 Å². The van der Waals surface area contributed by atoms with Crippen molar-refractivity contribution in [2.45, 2.75) is 51.6 Å². The zero-order valence-corrected chi connectivity index (χ0v) is 11.8. The molecule has 2 rings (SSSR count). The Labute approximate surface area is 114 Å². The van der Waals surface area contributed by atoms with Crippen LogP contribution in [-0.4, -0.2) is 33.8 Å². The summed E-state index contributed by atoms with van der Waals surface area (Å²) in [5.74, 6) is 1.35. The maximum absolute atomic E-state index is 10.5. The largest absolute Gasteiger partial charge is 0.478 e. The van der Waals surface area contributed by atoms with Crippen molar-refractivity contribution in [3.8, 4) is 5.88 Å². The van der Waals surface area contributed by atoms with Gasteiger partial charge in [0.05, 0.1) is 17.8 Å². The summed E-state index contributed by atoms with van der Waals surface area (Å²) in [4.78, 5) is 8.33. The van der Waals surface area contributed by atoms with Crippen molar-refractivity contribution in [2.24, 2.45) is 0 Å². The molecule has 106 valence electrons. The second-order valence-corrected chi connectivity index (χ2v) is 5.22. The Morgan fingerprint density at radius 2 is 2.05 bits per heavy atom. The van der Waals surface area contributed by atoms with Crippen molar-refractivity contribution in [2.75, 3.05) is 18.5 Å². The highest BCUT2D eigenvalue weighted by atomic mass is 16.5. The van der Waals surface area contributed by atoms with E-state index in [1.54, 1.807) is 0 Å². The summed E-state index contributed by atoms with van der Waals surface area (Å²) >= 11 is 0. The van der Waals surface area contributed by atoms with Gasteiger partial charge in [0.15, 0.2) is 0 Å². The first-order valence-electron chi connectivity index (χ1n) is 7.05. The predicted octanol–water partition coefficient (Wildman–Crippen LogP) is 2.29. The minimum atomic E-state index is -0.596. The smallest absolute Gasteiger partial charge is 0.221 e. The van der Waals surface area contributed by atoms with E-state index >= 15 is 0 Å². The maximum atomic E-state index is 10.5. The first kappa shape index (κ1) is 14.1. The van der Waals surface area contributed by atoms with Gasteiger partial charge >= 0.3 is 0 Å². The third-order valence-electron chi connectivity index (χ3n) is 3.69. The van der Waals surface area contributed by atoms with E-state index in [-0.39, 0.29) is 0 Å². The first-order valence-corrected chi connectivity index (χ1v) is 7.05. The number of aromatic nitrogens is 2. The molecule has 0 saturated heterocycles. The minimum Gasteiger partial charge on any atom is -0.478 e. The Kier molecular flexibility index (Phi) is 4.58. The molecule has 0 amide bonds. The zero-order valence-electron chi connectivity index (χ0n) is 11.8. The van der Waals surface area contributed by atoms with Crippen molar-refractivity contribution in [3.05, 3.63) is 11.9 Å². The van der Waals surface area contributed by atoms with Crippen LogP contribution in [-0.2, 0) is 0 Å². The van der Waals surface area contributed by atoms with Crippen LogP contribution in [0.15, 0.2) is 6.33 Å². The predicted molar refractivity (Wildman–Crippen MR) is 74.5 cm³/mol. The zero-order chi connectivity index (χ0) is 13.7. The topological polar surface area (TPSA) is 67.3 Å². The Hall–Kier alpha value is -1.36. The van der Waals surface area contributed by atoms with E-state index in [1.165, 1.54) is 12.7 Å². The van der Waals surface area contributed by atoms with Crippen LogP contribution >= 0.6 is 0 Å². The molecule has 0 spiro atoms. The molecule has 0 aliphatic heterocycles. The van der Waals surface area contributed by atoms with E-state index in [4.69, 9.17) is 4.74 Å². The molecule has 1 saturated carbocycles. The third-order valence-corrected chi connectivity index (χ3v) is 3.69. The lowest BCUT2D eigenvalue weighted by atomic mass is 9.85. The van der Waals surface area contributed by atoms with Crippen LogP contribution in [0.3, 0.4) is 0 Å². The van der Waals surface area contributed by atoms with Gasteiger partial charge in [-0.1, -0.05) is 19.3 Å². The van der Waals surface area contributed by atoms with Crippen LogP contribution in [0, 0.1) is 6.92 Å². The van der Waals surface area contributed by atoms with Crippen LogP contribution in [0.4, 0.5) is 5.82 Å². The second kappa shape index (κ2) is 6.19. The van der Waals surface area contributed by atoms with Gasteiger partial charge in [0.1, 0.15) is 12.1 Å². The molecule has 5 heteroatoms. The number of nitrogens with zero attached hydrogens (tertiary/aromatic N) is 2. The average molecular weight is 265 g/mol. The second-order valence-electron chi connectivity index (χ2n) is 5.22. The molecule has 1 aromatic rings. The number of hydrogen-bond donors (Lipinski definition) is 2. The first-order chi connectivity index (χ1) is 9.14. The summed E-state index contributed by atoms with van der Waals surface area (Å²) in [6.07, 6.45) is 6.65. The van der Waals surface area contributed by atoms with Crippen LogP contribution in [0.2, 0.25) is 0 Å². The van der Waals surface area contributed by atoms with E-state index in [2.05, 4.69) is 15.3 Å². The van der Waals surface area contributed by atoms with E-state index in [0.29, 0.717) is 19.0 Å². The summed E-state index contributed by atoms with van der Waals surface area (Å²) in [6.45, 7) is 4.98. The Bertz CT molecular complexity index is 417. The summed E-state index contributed by atoms with van der Waals surface area (Å²) < 4.78 is 5.44. The number of ether oxygens (including phenoxy) is 1. The SMILES string of the molecule is CCOc1ncnc(NCC2(O)CCCCC2)c1C. The van der Waals surface area contributed by atoms with E-state index < -0.39 is 5.60 Å². The van der Waals surface area contributed by atoms with Gasteiger partial charge in [0.25, 0.3) is 0 Å². The Morgan fingerprint density at radius 1 is 1.32 bits per heavy atom. The molecule has 5 nitrogen and oxygen atoms in total. The fourth-order valence-corrected chi connectivity index (χ4v) is 2.53. The van der Waals surface area contributed by atoms with Crippen molar-refractivity contribution in [1.82, 2.24) is 9.97 Å². The summed E-state index contributed by atoms with van der Waals surface area (Å²) in [7, 11) is 0.